The van der Waals surface area contributed by atoms with Gasteiger partial charge < -0.3 is 20.1 Å². The van der Waals surface area contributed by atoms with E-state index in [0.29, 0.717) is 47.3 Å². The fourth-order valence-corrected chi connectivity index (χ4v) is 3.30. The van der Waals surface area contributed by atoms with Gasteiger partial charge in [-0.1, -0.05) is 6.07 Å². The molecule has 1 aromatic heterocycles. The molecule has 0 fully saturated rings. The van der Waals surface area contributed by atoms with Crippen molar-refractivity contribution in [2.75, 3.05) is 31.4 Å². The van der Waals surface area contributed by atoms with E-state index < -0.39 is 0 Å². The zero-order valence-electron chi connectivity index (χ0n) is 14.6. The van der Waals surface area contributed by atoms with E-state index in [-0.39, 0.29) is 5.82 Å². The maximum atomic E-state index is 13.4. The number of hydrogen-bond acceptors (Lipinski definition) is 6. The van der Waals surface area contributed by atoms with E-state index in [1.165, 1.54) is 6.07 Å². The number of fused-ring (bicyclic) bond motifs is 2. The van der Waals surface area contributed by atoms with Gasteiger partial charge in [0.25, 0.3) is 0 Å². The van der Waals surface area contributed by atoms with E-state index in [1.54, 1.807) is 32.4 Å². The largest absolute Gasteiger partial charge is 0.493 e. The minimum absolute atomic E-state index is 0.204. The van der Waals surface area contributed by atoms with Crippen LogP contribution in [0.2, 0.25) is 0 Å². The molecule has 26 heavy (non-hydrogen) atoms. The highest BCUT2D eigenvalue weighted by Gasteiger charge is 2.21. The molecule has 0 spiro atoms. The van der Waals surface area contributed by atoms with Crippen LogP contribution in [0.3, 0.4) is 0 Å². The molecule has 1 aliphatic heterocycles. The molecule has 0 amide bonds. The molecule has 0 radical (unpaired) electrons. The molecule has 1 aliphatic rings. The molecule has 0 aliphatic carbocycles. The van der Waals surface area contributed by atoms with Gasteiger partial charge in [-0.2, -0.15) is 4.98 Å². The Morgan fingerprint density at radius 1 is 1.04 bits per heavy atom. The molecule has 2 aromatic carbocycles. The summed E-state index contributed by atoms with van der Waals surface area (Å²) in [6.45, 7) is 1.32. The second kappa shape index (κ2) is 6.33. The molecule has 7 heteroatoms. The highest BCUT2D eigenvalue weighted by molar-refractivity contribution is 5.91. The number of methoxy groups -OCH3 is 2. The first-order valence-electron chi connectivity index (χ1n) is 8.30. The summed E-state index contributed by atoms with van der Waals surface area (Å²) in [6, 6.07) is 8.47. The molecular weight excluding hydrogens is 335 g/mol. The van der Waals surface area contributed by atoms with Gasteiger partial charge in [0.1, 0.15) is 11.6 Å². The second-order valence-corrected chi connectivity index (χ2v) is 6.22. The van der Waals surface area contributed by atoms with Crippen molar-refractivity contribution in [3.63, 3.8) is 0 Å². The van der Waals surface area contributed by atoms with Crippen LogP contribution in [0.5, 0.6) is 11.5 Å². The number of anilines is 2. The molecule has 0 saturated heterocycles. The molecule has 0 saturated carbocycles. The van der Waals surface area contributed by atoms with Crippen LogP contribution in [0.4, 0.5) is 16.2 Å². The molecule has 4 rings (SSSR count). The van der Waals surface area contributed by atoms with E-state index >= 15 is 0 Å². The Hall–Kier alpha value is -3.09. The maximum Gasteiger partial charge on any atom is 0.228 e. The summed E-state index contributed by atoms with van der Waals surface area (Å²) < 4.78 is 24.1. The first kappa shape index (κ1) is 16.4. The lowest BCUT2D eigenvalue weighted by Gasteiger charge is -2.29. The van der Waals surface area contributed by atoms with Gasteiger partial charge in [0.15, 0.2) is 11.5 Å². The van der Waals surface area contributed by atoms with Crippen molar-refractivity contribution in [2.24, 2.45) is 0 Å². The Balaban J connectivity index is 1.74. The monoisotopic (exact) mass is 354 g/mol. The third kappa shape index (κ3) is 2.75. The van der Waals surface area contributed by atoms with Crippen molar-refractivity contribution in [3.05, 3.63) is 47.3 Å². The molecule has 0 bridgehead atoms. The van der Waals surface area contributed by atoms with E-state index in [4.69, 9.17) is 15.2 Å². The van der Waals surface area contributed by atoms with Crippen molar-refractivity contribution in [2.45, 2.75) is 13.0 Å². The Bertz CT molecular complexity index is 993. The number of nitrogens with two attached hydrogens (primary N) is 1. The topological polar surface area (TPSA) is 73.5 Å². The summed E-state index contributed by atoms with van der Waals surface area (Å²) in [5.41, 5.74) is 8.96. The van der Waals surface area contributed by atoms with Gasteiger partial charge in [0, 0.05) is 24.5 Å². The average Bonchev–Trinajstić information content (AvgIpc) is 2.66. The lowest BCUT2D eigenvalue weighted by Crippen LogP contribution is -2.32. The number of rotatable bonds is 3. The van der Waals surface area contributed by atoms with Gasteiger partial charge in [0.2, 0.25) is 5.95 Å². The van der Waals surface area contributed by atoms with Crippen LogP contribution in [0.25, 0.3) is 10.9 Å². The normalized spacial score (nSPS) is 13.6. The third-order valence-corrected chi connectivity index (χ3v) is 4.68. The summed E-state index contributed by atoms with van der Waals surface area (Å²) in [6.07, 6.45) is 0.736. The minimum atomic E-state index is -0.204. The number of halogens is 1. The number of nitrogen functional groups attached to an aromatic ring is 1. The lowest BCUT2D eigenvalue weighted by molar-refractivity contribution is 0.356. The number of aromatic nitrogens is 2. The summed E-state index contributed by atoms with van der Waals surface area (Å²) in [7, 11) is 3.15. The third-order valence-electron chi connectivity index (χ3n) is 4.68. The van der Waals surface area contributed by atoms with Gasteiger partial charge >= 0.3 is 0 Å². The Morgan fingerprint density at radius 3 is 2.58 bits per heavy atom. The molecule has 0 unspecified atom stereocenters. The number of nitrogens with zero attached hydrogens (tertiary/aromatic N) is 3. The zero-order valence-corrected chi connectivity index (χ0v) is 14.6. The van der Waals surface area contributed by atoms with Crippen molar-refractivity contribution < 1.29 is 13.9 Å². The number of hydrogen-bond donors (Lipinski definition) is 1. The molecular formula is C19H19FN4O2. The highest BCUT2D eigenvalue weighted by Crippen LogP contribution is 2.34. The number of benzene rings is 2. The van der Waals surface area contributed by atoms with Crippen LogP contribution >= 0.6 is 0 Å². The van der Waals surface area contributed by atoms with Crippen molar-refractivity contribution in [1.82, 2.24) is 9.97 Å². The fraction of sp³-hybridized carbons (Fsp3) is 0.263. The van der Waals surface area contributed by atoms with Gasteiger partial charge in [-0.05, 0) is 35.7 Å². The lowest BCUT2D eigenvalue weighted by atomic mass is 10.00. The minimum Gasteiger partial charge on any atom is -0.493 e. The fourth-order valence-electron chi connectivity index (χ4n) is 3.30. The molecule has 2 heterocycles. The van der Waals surface area contributed by atoms with Gasteiger partial charge in [0.05, 0.1) is 19.7 Å². The van der Waals surface area contributed by atoms with Gasteiger partial charge in [-0.15, -0.1) is 0 Å². The SMILES string of the molecule is COc1cc2nc(N3CCc4cc(F)ccc4C3)nc(N)c2cc1OC. The van der Waals surface area contributed by atoms with Crippen LogP contribution in [-0.4, -0.2) is 30.7 Å². The maximum absolute atomic E-state index is 13.4. The summed E-state index contributed by atoms with van der Waals surface area (Å²) in [5.74, 6) is 1.90. The van der Waals surface area contributed by atoms with E-state index in [0.717, 1.165) is 17.5 Å². The second-order valence-electron chi connectivity index (χ2n) is 6.22. The van der Waals surface area contributed by atoms with Crippen molar-refractivity contribution in [1.29, 1.82) is 0 Å². The molecule has 6 nitrogen and oxygen atoms in total. The van der Waals surface area contributed by atoms with E-state index in [9.17, 15) is 4.39 Å². The first-order chi connectivity index (χ1) is 12.6. The van der Waals surface area contributed by atoms with E-state index in [1.807, 2.05) is 11.0 Å². The van der Waals surface area contributed by atoms with Crippen LogP contribution in [-0.2, 0) is 13.0 Å². The highest BCUT2D eigenvalue weighted by atomic mass is 19.1. The summed E-state index contributed by atoms with van der Waals surface area (Å²) in [4.78, 5) is 11.2. The standard InChI is InChI=1S/C19H19FN4O2/c1-25-16-8-14-15(9-17(16)26-2)22-19(23-18(14)21)24-6-5-11-7-13(20)4-3-12(11)10-24/h3-4,7-9H,5-6,10H2,1-2H3,(H2,21,22,23). The quantitative estimate of drug-likeness (QED) is 0.780. The van der Waals surface area contributed by atoms with Crippen LogP contribution in [0.15, 0.2) is 30.3 Å². The smallest absolute Gasteiger partial charge is 0.228 e. The Labute approximate surface area is 150 Å². The predicted molar refractivity (Wildman–Crippen MR) is 98.2 cm³/mol. The molecule has 3 aromatic rings. The Kier molecular flexibility index (Phi) is 3.99. The summed E-state index contributed by atoms with van der Waals surface area (Å²) >= 11 is 0. The van der Waals surface area contributed by atoms with E-state index in [2.05, 4.69) is 9.97 Å². The first-order valence-corrected chi connectivity index (χ1v) is 8.30. The Morgan fingerprint density at radius 2 is 1.81 bits per heavy atom. The van der Waals surface area contributed by atoms with Crippen LogP contribution in [0, 0.1) is 5.82 Å². The van der Waals surface area contributed by atoms with Crippen LogP contribution in [0.1, 0.15) is 11.1 Å². The molecule has 2 N–H and O–H groups in total. The van der Waals surface area contributed by atoms with Crippen molar-refractivity contribution >= 4 is 22.7 Å². The van der Waals surface area contributed by atoms with Gasteiger partial charge in [-0.25, -0.2) is 9.37 Å². The average molecular weight is 354 g/mol. The zero-order chi connectivity index (χ0) is 18.3. The van der Waals surface area contributed by atoms with Crippen LogP contribution < -0.4 is 20.1 Å². The van der Waals surface area contributed by atoms with Crippen molar-refractivity contribution in [3.8, 4) is 11.5 Å². The predicted octanol–water partition coefficient (Wildman–Crippen LogP) is 2.93. The molecule has 134 valence electrons. The molecule has 0 atom stereocenters. The summed E-state index contributed by atoms with van der Waals surface area (Å²) in [5, 5.41) is 0.714. The van der Waals surface area contributed by atoms with Gasteiger partial charge in [-0.3, -0.25) is 0 Å². The number of ether oxygens (including phenoxy) is 2.